The van der Waals surface area contributed by atoms with Crippen molar-refractivity contribution >= 4 is 22.7 Å². The molecule has 0 unspecified atom stereocenters. The van der Waals surface area contributed by atoms with Crippen LogP contribution in [0.5, 0.6) is 0 Å². The first kappa shape index (κ1) is 27.0. The molecule has 3 aromatic rings. The van der Waals surface area contributed by atoms with Crippen LogP contribution in [0.1, 0.15) is 13.8 Å². The fourth-order valence-corrected chi connectivity index (χ4v) is 11.4. The number of hydrogen-bond donors (Lipinski definition) is 0. The van der Waals surface area contributed by atoms with Gasteiger partial charge in [0.1, 0.15) is 0 Å². The molecule has 0 aliphatic carbocycles. The van der Waals surface area contributed by atoms with Gasteiger partial charge in [0.2, 0.25) is 0 Å². The van der Waals surface area contributed by atoms with Gasteiger partial charge in [0.15, 0.2) is 0 Å². The maximum atomic E-state index is 14.8. The molecule has 4 rings (SSSR count). The van der Waals surface area contributed by atoms with E-state index < -0.39 is 36.0 Å². The van der Waals surface area contributed by atoms with Gasteiger partial charge in [-0.3, -0.25) is 0 Å². The van der Waals surface area contributed by atoms with Gasteiger partial charge in [-0.15, -0.1) is 0 Å². The summed E-state index contributed by atoms with van der Waals surface area (Å²) in [5.74, 6) is -0.833. The van der Waals surface area contributed by atoms with Crippen LogP contribution in [-0.2, 0) is 14.0 Å². The summed E-state index contributed by atoms with van der Waals surface area (Å²) in [5, 5.41) is -0.642. The van der Waals surface area contributed by atoms with Crippen molar-refractivity contribution in [1.82, 2.24) is 0 Å². The Morgan fingerprint density at radius 2 is 0.973 bits per heavy atom. The molecule has 3 aromatic carbocycles. The second kappa shape index (κ2) is 9.37. The van der Waals surface area contributed by atoms with Crippen LogP contribution < -0.4 is 15.9 Å². The van der Waals surface area contributed by atoms with E-state index in [-0.39, 0.29) is 29.1 Å². The normalized spacial score (nSPS) is 19.1. The second-order valence-electron chi connectivity index (χ2n) is 8.31. The van der Waals surface area contributed by atoms with Gasteiger partial charge in [-0.25, -0.2) is 0 Å². The molecule has 198 valence electrons. The number of hydrogen-bond acceptors (Lipinski definition) is 3. The molecule has 0 spiro atoms. The van der Waals surface area contributed by atoms with Gasteiger partial charge in [-0.05, 0) is 0 Å². The Balaban J connectivity index is 2.36. The van der Waals surface area contributed by atoms with E-state index in [1.807, 2.05) is 0 Å². The van der Waals surface area contributed by atoms with E-state index >= 15 is 0 Å². The fourth-order valence-electron chi connectivity index (χ4n) is 5.05. The van der Waals surface area contributed by atoms with Crippen molar-refractivity contribution in [2.45, 2.75) is 31.8 Å². The van der Waals surface area contributed by atoms with Crippen LogP contribution in [0.3, 0.4) is 0 Å². The number of alkyl halides is 6. The summed E-state index contributed by atoms with van der Waals surface area (Å²) in [6.07, 6.45) is -11.8. The van der Waals surface area contributed by atoms with E-state index in [9.17, 15) is 26.3 Å². The van der Waals surface area contributed by atoms with E-state index in [1.165, 1.54) is 50.2 Å². The van der Waals surface area contributed by atoms with Crippen molar-refractivity contribution < 1.29 is 40.3 Å². The molecule has 0 bridgehead atoms. The van der Waals surface area contributed by atoms with Crippen LogP contribution in [0.4, 0.5) is 26.3 Å². The molecule has 0 aromatic heterocycles. The molecular formula is C27H25F6O3P. The van der Waals surface area contributed by atoms with E-state index in [1.54, 1.807) is 54.6 Å². The van der Waals surface area contributed by atoms with Gasteiger partial charge in [-0.1, -0.05) is 0 Å². The van der Waals surface area contributed by atoms with E-state index in [0.717, 1.165) is 0 Å². The molecule has 0 atom stereocenters. The summed E-state index contributed by atoms with van der Waals surface area (Å²) < 4.78 is 106. The minimum absolute atomic E-state index is 0.155. The van der Waals surface area contributed by atoms with E-state index in [0.29, 0.717) is 0 Å². The third-order valence-corrected chi connectivity index (χ3v) is 12.2. The first-order valence-electron chi connectivity index (χ1n) is 11.5. The molecule has 0 N–H and O–H groups in total. The molecule has 1 aliphatic heterocycles. The number of benzene rings is 3. The number of rotatable bonds is 7. The van der Waals surface area contributed by atoms with Crippen LogP contribution in [0, 0.1) is 0 Å². The third kappa shape index (κ3) is 3.58. The van der Waals surface area contributed by atoms with Crippen LogP contribution in [0.15, 0.2) is 102 Å². The summed E-state index contributed by atoms with van der Waals surface area (Å²) in [4.78, 5) is 0. The molecule has 1 heterocycles. The zero-order valence-electron chi connectivity index (χ0n) is 20.0. The summed E-state index contributed by atoms with van der Waals surface area (Å²) in [7, 11) is 0. The molecule has 0 amide bonds. The maximum absolute atomic E-state index is 14.8. The Labute approximate surface area is 210 Å². The standard InChI is InChI=1S/C27H25F6O3P/c1-3-34-24(35-4-2)23-25(26(28,29)30,27(31,32)33)36-37(23,20-14-8-5-9-15-20,21-16-10-6-11-17-21)22-18-12-7-13-19-22/h5-19H,3-4H2,1-2H3. The van der Waals surface area contributed by atoms with Crippen LogP contribution in [0.25, 0.3) is 0 Å². The quantitative estimate of drug-likeness (QED) is 0.192. The summed E-state index contributed by atoms with van der Waals surface area (Å²) in [6.45, 7) is -2.72. The van der Waals surface area contributed by atoms with E-state index in [2.05, 4.69) is 0 Å². The monoisotopic (exact) mass is 542 g/mol. The van der Waals surface area contributed by atoms with Crippen molar-refractivity contribution in [3.8, 4) is 0 Å². The Bertz CT molecular complexity index is 1140. The Morgan fingerprint density at radius 3 is 1.24 bits per heavy atom. The Kier molecular flexibility index (Phi) is 6.84. The van der Waals surface area contributed by atoms with Crippen molar-refractivity contribution in [3.63, 3.8) is 0 Å². The average molecular weight is 542 g/mol. The topological polar surface area (TPSA) is 27.7 Å². The fraction of sp³-hybridized carbons (Fsp3) is 0.259. The molecule has 1 saturated heterocycles. The SMILES string of the molecule is CCOC(OCC)=C1C(C(F)(F)F)(C(F)(F)F)OP1(c1ccccc1)(c1ccccc1)c1ccccc1. The number of ether oxygens (including phenoxy) is 2. The van der Waals surface area contributed by atoms with Gasteiger partial charge in [0, 0.05) is 0 Å². The zero-order valence-corrected chi connectivity index (χ0v) is 20.9. The van der Waals surface area contributed by atoms with Gasteiger partial charge in [0.05, 0.1) is 0 Å². The minimum atomic E-state index is -5.89. The summed E-state index contributed by atoms with van der Waals surface area (Å²) >= 11 is 0. The van der Waals surface area contributed by atoms with Crippen molar-refractivity contribution in [3.05, 3.63) is 102 Å². The Hall–Kier alpha value is -3.03. The van der Waals surface area contributed by atoms with Crippen LogP contribution in [-0.4, -0.2) is 31.2 Å². The molecule has 1 aliphatic rings. The molecular weight excluding hydrogens is 517 g/mol. The van der Waals surface area contributed by atoms with Gasteiger partial charge in [-0.2, -0.15) is 0 Å². The van der Waals surface area contributed by atoms with Gasteiger partial charge >= 0.3 is 210 Å². The second-order valence-corrected chi connectivity index (χ2v) is 12.6. The first-order valence-corrected chi connectivity index (χ1v) is 13.7. The predicted molar refractivity (Wildman–Crippen MR) is 131 cm³/mol. The molecule has 37 heavy (non-hydrogen) atoms. The zero-order chi connectivity index (χ0) is 27.0. The van der Waals surface area contributed by atoms with Crippen LogP contribution >= 0.6 is 6.83 Å². The molecule has 0 radical (unpaired) electrons. The predicted octanol–water partition coefficient (Wildman–Crippen LogP) is 6.57. The molecule has 0 saturated carbocycles. The van der Waals surface area contributed by atoms with E-state index in [4.69, 9.17) is 14.0 Å². The first-order chi connectivity index (χ1) is 17.5. The molecule has 10 heteroatoms. The summed E-state index contributed by atoms with van der Waals surface area (Å²) in [6, 6.07) is 23.1. The van der Waals surface area contributed by atoms with Crippen molar-refractivity contribution in [1.29, 1.82) is 0 Å². The van der Waals surface area contributed by atoms with Gasteiger partial charge < -0.3 is 0 Å². The van der Waals surface area contributed by atoms with Gasteiger partial charge in [0.25, 0.3) is 0 Å². The van der Waals surface area contributed by atoms with Crippen LogP contribution in [0.2, 0.25) is 0 Å². The summed E-state index contributed by atoms with van der Waals surface area (Å²) in [5.41, 5.74) is -4.67. The Morgan fingerprint density at radius 1 is 0.649 bits per heavy atom. The third-order valence-electron chi connectivity index (χ3n) is 6.37. The van der Waals surface area contributed by atoms with Crippen molar-refractivity contribution in [2.75, 3.05) is 13.2 Å². The average Bonchev–Trinajstić information content (AvgIpc) is 2.85. The molecule has 3 nitrogen and oxygen atoms in total. The molecule has 1 fully saturated rings. The van der Waals surface area contributed by atoms with Crippen molar-refractivity contribution in [2.24, 2.45) is 0 Å². The number of halogens is 6.